The second-order valence-corrected chi connectivity index (χ2v) is 12.1. The molecule has 7 rings (SSSR count). The van der Waals surface area contributed by atoms with Gasteiger partial charge in [0.15, 0.2) is 0 Å². The first-order chi connectivity index (χ1) is 15.3. The van der Waals surface area contributed by atoms with Gasteiger partial charge in [-0.15, -0.1) is 0 Å². The second-order valence-electron chi connectivity index (χ2n) is 12.1. The van der Waals surface area contributed by atoms with E-state index in [4.69, 9.17) is 4.99 Å². The van der Waals surface area contributed by atoms with Gasteiger partial charge in [-0.2, -0.15) is 0 Å². The second kappa shape index (κ2) is 7.39. The Morgan fingerprint density at radius 1 is 0.875 bits per heavy atom. The lowest BCUT2D eigenvalue weighted by atomic mass is 9.53. The molecule has 6 aliphatic rings. The third-order valence-corrected chi connectivity index (χ3v) is 9.19. The highest BCUT2D eigenvalue weighted by Gasteiger charge is 2.57. The maximum atomic E-state index is 13.9. The Balaban J connectivity index is 1.46. The molecule has 1 aromatic rings. The minimum atomic E-state index is -0.479. The van der Waals surface area contributed by atoms with Gasteiger partial charge in [-0.3, -0.25) is 19.6 Å². The van der Waals surface area contributed by atoms with Crippen LogP contribution in [0.2, 0.25) is 0 Å². The van der Waals surface area contributed by atoms with Crippen LogP contribution in [0.4, 0.5) is 5.69 Å². The lowest BCUT2D eigenvalue weighted by Gasteiger charge is -2.55. The van der Waals surface area contributed by atoms with Crippen molar-refractivity contribution in [1.29, 1.82) is 0 Å². The van der Waals surface area contributed by atoms with Crippen LogP contribution in [-0.2, 0) is 4.79 Å². The van der Waals surface area contributed by atoms with Crippen LogP contribution in [0.25, 0.3) is 0 Å². The number of aliphatic imine (C=N–C) groups is 1. The van der Waals surface area contributed by atoms with Gasteiger partial charge < -0.3 is 4.90 Å². The van der Waals surface area contributed by atoms with Crippen molar-refractivity contribution < 1.29 is 4.79 Å². The number of nitrogens with zero attached hydrogens (tertiary/aromatic N) is 4. The number of amides is 1. The highest BCUT2D eigenvalue weighted by atomic mass is 16.2. The van der Waals surface area contributed by atoms with Crippen LogP contribution in [0.1, 0.15) is 52.4 Å². The molecule has 0 spiro atoms. The summed E-state index contributed by atoms with van der Waals surface area (Å²) >= 11 is 0. The molecule has 4 aliphatic carbocycles. The minimum absolute atomic E-state index is 0.0527. The molecule has 6 fully saturated rings. The van der Waals surface area contributed by atoms with Crippen molar-refractivity contribution in [3.63, 3.8) is 0 Å². The summed E-state index contributed by atoms with van der Waals surface area (Å²) in [4.78, 5) is 26.6. The molecule has 172 valence electrons. The first-order valence-electron chi connectivity index (χ1n) is 12.8. The summed E-state index contributed by atoms with van der Waals surface area (Å²) in [6, 6.07) is 10.3. The molecule has 5 nitrogen and oxygen atoms in total. The molecule has 0 unspecified atom stereocenters. The van der Waals surface area contributed by atoms with Crippen molar-refractivity contribution in [3.8, 4) is 0 Å². The number of hydrogen-bond acceptors (Lipinski definition) is 4. The minimum Gasteiger partial charge on any atom is -0.304 e. The fraction of sp³-hybridized carbons (Fsp3) is 0.704. The van der Waals surface area contributed by atoms with Gasteiger partial charge in [0.25, 0.3) is 0 Å². The zero-order valence-corrected chi connectivity index (χ0v) is 20.0. The number of rotatable bonds is 3. The fourth-order valence-electron chi connectivity index (χ4n) is 8.04. The number of piperazine rings is 1. The maximum Gasteiger partial charge on any atom is 0.240 e. The van der Waals surface area contributed by atoms with E-state index in [0.29, 0.717) is 0 Å². The van der Waals surface area contributed by atoms with E-state index in [2.05, 4.69) is 42.8 Å². The normalized spacial score (nSPS) is 40.5. The summed E-state index contributed by atoms with van der Waals surface area (Å²) in [6.45, 7) is 8.40. The van der Waals surface area contributed by atoms with Crippen LogP contribution < -0.4 is 4.90 Å². The van der Waals surface area contributed by atoms with E-state index in [9.17, 15) is 4.79 Å². The van der Waals surface area contributed by atoms with Gasteiger partial charge in [0.1, 0.15) is 5.84 Å². The number of carbonyl (C=O) groups is 1. The predicted molar refractivity (Wildman–Crippen MR) is 129 cm³/mol. The van der Waals surface area contributed by atoms with E-state index < -0.39 is 5.41 Å². The van der Waals surface area contributed by atoms with Gasteiger partial charge in [-0.25, -0.2) is 0 Å². The summed E-state index contributed by atoms with van der Waals surface area (Å²) < 4.78 is 0. The summed E-state index contributed by atoms with van der Waals surface area (Å²) in [5.74, 6) is 3.79. The molecule has 0 N–H and O–H groups in total. The van der Waals surface area contributed by atoms with Gasteiger partial charge in [0, 0.05) is 26.2 Å². The van der Waals surface area contributed by atoms with Crippen molar-refractivity contribution >= 4 is 17.4 Å². The van der Waals surface area contributed by atoms with Crippen LogP contribution >= 0.6 is 0 Å². The number of anilines is 1. The van der Waals surface area contributed by atoms with Crippen molar-refractivity contribution in [2.75, 3.05) is 38.1 Å². The Kier molecular flexibility index (Phi) is 4.82. The molecule has 32 heavy (non-hydrogen) atoms. The van der Waals surface area contributed by atoms with Crippen molar-refractivity contribution in [3.05, 3.63) is 30.3 Å². The predicted octanol–water partition coefficient (Wildman–Crippen LogP) is 4.04. The Bertz CT molecular complexity index is 880. The average Bonchev–Trinajstić information content (AvgIpc) is 2.93. The zero-order valence-electron chi connectivity index (χ0n) is 20.0. The van der Waals surface area contributed by atoms with Crippen LogP contribution in [0.15, 0.2) is 35.3 Å². The van der Waals surface area contributed by atoms with Crippen LogP contribution in [0, 0.1) is 23.2 Å². The van der Waals surface area contributed by atoms with Crippen LogP contribution in [0.5, 0.6) is 0 Å². The maximum absolute atomic E-state index is 13.9. The Morgan fingerprint density at radius 2 is 1.44 bits per heavy atom. The SMILES string of the molecule is CN1CCN([C@H]2C(=NC34CC5CC(CC(C5)C3)C4)N(c3ccccc3)C(=O)C2(C)C)CC1. The Morgan fingerprint density at radius 3 is 2.00 bits per heavy atom. The number of carbonyl (C=O) groups excluding carboxylic acids is 1. The van der Waals surface area contributed by atoms with E-state index in [1.165, 1.54) is 38.5 Å². The van der Waals surface area contributed by atoms with Gasteiger partial charge >= 0.3 is 0 Å². The Labute approximate surface area is 192 Å². The van der Waals surface area contributed by atoms with Gasteiger partial charge in [-0.05, 0) is 89.3 Å². The first kappa shape index (κ1) is 20.9. The summed E-state index contributed by atoms with van der Waals surface area (Å²) in [7, 11) is 2.20. The fourth-order valence-corrected chi connectivity index (χ4v) is 8.04. The number of hydrogen-bond donors (Lipinski definition) is 0. The van der Waals surface area contributed by atoms with E-state index in [-0.39, 0.29) is 17.5 Å². The van der Waals surface area contributed by atoms with Crippen LogP contribution in [-0.4, -0.2) is 66.4 Å². The van der Waals surface area contributed by atoms with Crippen molar-refractivity contribution in [1.82, 2.24) is 9.80 Å². The number of benzene rings is 1. The average molecular weight is 435 g/mol. The third-order valence-electron chi connectivity index (χ3n) is 9.19. The smallest absolute Gasteiger partial charge is 0.240 e. The zero-order chi connectivity index (χ0) is 22.1. The molecule has 2 saturated heterocycles. The number of likely N-dealkylation sites (N-methyl/N-ethyl adjacent to an activating group) is 1. The van der Waals surface area contributed by atoms with Crippen molar-refractivity contribution in [2.24, 2.45) is 28.2 Å². The molecular formula is C27H38N4O. The highest BCUT2D eigenvalue weighted by molar-refractivity contribution is 6.27. The summed E-state index contributed by atoms with van der Waals surface area (Å²) in [6.07, 6.45) is 7.94. The Hall–Kier alpha value is -1.72. The lowest BCUT2D eigenvalue weighted by molar-refractivity contribution is -0.126. The molecule has 1 atom stereocenters. The molecule has 0 aromatic heterocycles. The molecule has 4 saturated carbocycles. The lowest BCUT2D eigenvalue weighted by Crippen LogP contribution is -2.56. The molecule has 1 aromatic carbocycles. The quantitative estimate of drug-likeness (QED) is 0.721. The highest BCUT2D eigenvalue weighted by Crippen LogP contribution is 2.58. The largest absolute Gasteiger partial charge is 0.304 e. The molecule has 5 heteroatoms. The van der Waals surface area contributed by atoms with E-state index >= 15 is 0 Å². The van der Waals surface area contributed by atoms with Gasteiger partial charge in [0.2, 0.25) is 5.91 Å². The summed E-state index contributed by atoms with van der Waals surface area (Å²) in [5.41, 5.74) is 0.556. The number of amidine groups is 1. The van der Waals surface area contributed by atoms with E-state index in [0.717, 1.165) is 55.5 Å². The van der Waals surface area contributed by atoms with E-state index in [1.54, 1.807) is 0 Å². The first-order valence-corrected chi connectivity index (χ1v) is 12.8. The summed E-state index contributed by atoms with van der Waals surface area (Å²) in [5, 5.41) is 0. The standard InChI is InChI=1S/C27H38N4O/c1-26(2)23(30-11-9-29(3)10-12-30)24(31(25(26)32)22-7-5-4-6-8-22)28-27-16-19-13-20(17-27)15-21(14-19)18-27/h4-8,19-21,23H,9-18H2,1-3H3/t19?,20?,21?,23-,27?/m0/s1. The van der Waals surface area contributed by atoms with E-state index in [1.807, 2.05) is 23.1 Å². The monoisotopic (exact) mass is 434 g/mol. The van der Waals surface area contributed by atoms with Gasteiger partial charge in [0.05, 0.1) is 22.7 Å². The molecule has 2 aliphatic heterocycles. The van der Waals surface area contributed by atoms with Gasteiger partial charge in [-0.1, -0.05) is 18.2 Å². The molecule has 2 heterocycles. The topological polar surface area (TPSA) is 39.1 Å². The van der Waals surface area contributed by atoms with Crippen LogP contribution in [0.3, 0.4) is 0 Å². The number of para-hydroxylation sites is 1. The molecular weight excluding hydrogens is 396 g/mol. The molecule has 4 bridgehead atoms. The molecule has 0 radical (unpaired) electrons. The van der Waals surface area contributed by atoms with Crippen molar-refractivity contribution in [2.45, 2.75) is 64.0 Å². The molecule has 1 amide bonds. The third kappa shape index (κ3) is 3.27.